The number of anilines is 2. The normalized spacial score (nSPS) is 19.2. The maximum Gasteiger partial charge on any atom is 0.339 e. The smallest absolute Gasteiger partial charge is 0.339 e. The van der Waals surface area contributed by atoms with Gasteiger partial charge in [0.05, 0.1) is 18.0 Å². The van der Waals surface area contributed by atoms with Crippen molar-refractivity contribution in [1.29, 1.82) is 0 Å². The summed E-state index contributed by atoms with van der Waals surface area (Å²) in [6, 6.07) is 1.40. The van der Waals surface area contributed by atoms with Crippen LogP contribution in [0.2, 0.25) is 0 Å². The fourth-order valence-electron chi connectivity index (χ4n) is 1.80. The minimum Gasteiger partial charge on any atom is -0.478 e. The van der Waals surface area contributed by atoms with Crippen LogP contribution in [0, 0.1) is 0 Å². The molecule has 2 heterocycles. The summed E-state index contributed by atoms with van der Waals surface area (Å²) in [6.07, 6.45) is 3.61. The molecule has 0 spiro atoms. The minimum atomic E-state index is -1.04. The van der Waals surface area contributed by atoms with Crippen LogP contribution in [0.1, 0.15) is 23.2 Å². The van der Waals surface area contributed by atoms with Crippen LogP contribution in [0.5, 0.6) is 0 Å². The summed E-state index contributed by atoms with van der Waals surface area (Å²) >= 11 is 0. The van der Waals surface area contributed by atoms with Crippen molar-refractivity contribution in [2.75, 3.05) is 24.2 Å². The van der Waals surface area contributed by atoms with E-state index in [0.717, 1.165) is 19.4 Å². The first kappa shape index (κ1) is 11.7. The number of nitrogen functional groups attached to an aromatic ring is 1. The molecular formula is C11H15N3O3. The second-order valence-electron chi connectivity index (χ2n) is 3.99. The SMILES string of the molecule is Nc1cnc(NCC2CCCO2)c(C(=O)O)c1. The molecule has 1 aromatic rings. The van der Waals surface area contributed by atoms with Gasteiger partial charge in [-0.15, -0.1) is 0 Å². The molecule has 1 atom stereocenters. The molecule has 0 radical (unpaired) electrons. The number of nitrogens with zero attached hydrogens (tertiary/aromatic N) is 1. The van der Waals surface area contributed by atoms with E-state index in [2.05, 4.69) is 10.3 Å². The van der Waals surface area contributed by atoms with Crippen LogP contribution in [-0.2, 0) is 4.74 Å². The van der Waals surface area contributed by atoms with Crippen LogP contribution >= 0.6 is 0 Å². The number of nitrogens with two attached hydrogens (primary N) is 1. The van der Waals surface area contributed by atoms with E-state index in [4.69, 9.17) is 15.6 Å². The molecule has 1 aliphatic heterocycles. The first-order chi connectivity index (χ1) is 8.16. The van der Waals surface area contributed by atoms with Crippen LogP contribution in [0.25, 0.3) is 0 Å². The van der Waals surface area contributed by atoms with E-state index in [1.54, 1.807) is 0 Å². The highest BCUT2D eigenvalue weighted by Gasteiger charge is 2.17. The number of ether oxygens (including phenoxy) is 1. The van der Waals surface area contributed by atoms with Gasteiger partial charge in [-0.25, -0.2) is 9.78 Å². The lowest BCUT2D eigenvalue weighted by Crippen LogP contribution is -2.20. The minimum absolute atomic E-state index is 0.0861. The number of rotatable bonds is 4. The second kappa shape index (κ2) is 5.01. The van der Waals surface area contributed by atoms with Gasteiger partial charge >= 0.3 is 5.97 Å². The van der Waals surface area contributed by atoms with Gasteiger partial charge in [0.25, 0.3) is 0 Å². The molecule has 0 saturated carbocycles. The lowest BCUT2D eigenvalue weighted by atomic mass is 10.2. The Labute approximate surface area is 98.8 Å². The van der Waals surface area contributed by atoms with Crippen molar-refractivity contribution in [2.24, 2.45) is 0 Å². The predicted octanol–water partition coefficient (Wildman–Crippen LogP) is 0.953. The lowest BCUT2D eigenvalue weighted by Gasteiger charge is -2.13. The summed E-state index contributed by atoms with van der Waals surface area (Å²) in [4.78, 5) is 15.0. The second-order valence-corrected chi connectivity index (χ2v) is 3.99. The molecule has 17 heavy (non-hydrogen) atoms. The topological polar surface area (TPSA) is 97.5 Å². The highest BCUT2D eigenvalue weighted by molar-refractivity contribution is 5.94. The number of hydrogen-bond donors (Lipinski definition) is 3. The fourth-order valence-corrected chi connectivity index (χ4v) is 1.80. The largest absolute Gasteiger partial charge is 0.478 e. The molecule has 1 fully saturated rings. The van der Waals surface area contributed by atoms with E-state index < -0.39 is 5.97 Å². The van der Waals surface area contributed by atoms with Gasteiger partial charge in [0, 0.05) is 13.2 Å². The fraction of sp³-hybridized carbons (Fsp3) is 0.455. The molecule has 2 rings (SSSR count). The van der Waals surface area contributed by atoms with Gasteiger partial charge in [-0.2, -0.15) is 0 Å². The first-order valence-corrected chi connectivity index (χ1v) is 5.51. The van der Waals surface area contributed by atoms with Gasteiger partial charge in [-0.05, 0) is 18.9 Å². The molecule has 0 aromatic carbocycles. The van der Waals surface area contributed by atoms with E-state index in [-0.39, 0.29) is 11.7 Å². The predicted molar refractivity (Wildman–Crippen MR) is 63.1 cm³/mol. The summed E-state index contributed by atoms with van der Waals surface area (Å²) in [6.45, 7) is 1.34. The summed E-state index contributed by atoms with van der Waals surface area (Å²) in [5.41, 5.74) is 5.93. The van der Waals surface area contributed by atoms with E-state index >= 15 is 0 Å². The Kier molecular flexibility index (Phi) is 3.43. The number of aromatic nitrogens is 1. The molecular weight excluding hydrogens is 222 g/mol. The summed E-state index contributed by atoms with van der Waals surface area (Å²) in [5, 5.41) is 12.0. The monoisotopic (exact) mass is 237 g/mol. The molecule has 1 unspecified atom stereocenters. The Bertz CT molecular complexity index is 416. The Morgan fingerprint density at radius 3 is 3.18 bits per heavy atom. The van der Waals surface area contributed by atoms with E-state index in [1.807, 2.05) is 0 Å². The average Bonchev–Trinajstić information content (AvgIpc) is 2.80. The number of carboxylic acid groups (broad SMARTS) is 1. The summed E-state index contributed by atoms with van der Waals surface area (Å²) in [5.74, 6) is -0.707. The summed E-state index contributed by atoms with van der Waals surface area (Å²) < 4.78 is 5.44. The number of pyridine rings is 1. The molecule has 1 aromatic heterocycles. The molecule has 0 bridgehead atoms. The molecule has 6 nitrogen and oxygen atoms in total. The Balaban J connectivity index is 2.06. The van der Waals surface area contributed by atoms with Gasteiger partial charge in [-0.3, -0.25) is 0 Å². The molecule has 1 saturated heterocycles. The Hall–Kier alpha value is -1.82. The van der Waals surface area contributed by atoms with Gasteiger partial charge in [0.1, 0.15) is 11.4 Å². The molecule has 0 amide bonds. The Morgan fingerprint density at radius 1 is 1.71 bits per heavy atom. The van der Waals surface area contributed by atoms with Gasteiger partial charge < -0.3 is 20.9 Å². The number of nitrogens with one attached hydrogen (secondary N) is 1. The maximum absolute atomic E-state index is 11.0. The van der Waals surface area contributed by atoms with Gasteiger partial charge in [0.2, 0.25) is 0 Å². The third-order valence-corrected chi connectivity index (χ3v) is 2.66. The van der Waals surface area contributed by atoms with Crippen molar-refractivity contribution in [3.63, 3.8) is 0 Å². The third kappa shape index (κ3) is 2.85. The zero-order chi connectivity index (χ0) is 12.3. The first-order valence-electron chi connectivity index (χ1n) is 5.51. The average molecular weight is 237 g/mol. The van der Waals surface area contributed by atoms with Gasteiger partial charge in [-0.1, -0.05) is 0 Å². The van der Waals surface area contributed by atoms with E-state index in [9.17, 15) is 4.79 Å². The maximum atomic E-state index is 11.0. The highest BCUT2D eigenvalue weighted by atomic mass is 16.5. The van der Waals surface area contributed by atoms with Crippen LogP contribution < -0.4 is 11.1 Å². The quantitative estimate of drug-likeness (QED) is 0.721. The van der Waals surface area contributed by atoms with Crippen LogP contribution in [0.3, 0.4) is 0 Å². The zero-order valence-corrected chi connectivity index (χ0v) is 9.35. The standard InChI is InChI=1S/C11H15N3O3/c12-7-4-9(11(15)16)10(13-5-7)14-6-8-2-1-3-17-8/h4-5,8H,1-3,6,12H2,(H,13,14)(H,15,16). The molecule has 1 aliphatic rings. The zero-order valence-electron chi connectivity index (χ0n) is 9.35. The number of carboxylic acids is 1. The van der Waals surface area contributed by atoms with Crippen molar-refractivity contribution in [2.45, 2.75) is 18.9 Å². The Morgan fingerprint density at radius 2 is 2.53 bits per heavy atom. The van der Waals surface area contributed by atoms with Crippen molar-refractivity contribution < 1.29 is 14.6 Å². The lowest BCUT2D eigenvalue weighted by molar-refractivity contribution is 0.0697. The van der Waals surface area contributed by atoms with Crippen LogP contribution in [0.4, 0.5) is 11.5 Å². The van der Waals surface area contributed by atoms with Crippen molar-refractivity contribution in [3.05, 3.63) is 17.8 Å². The van der Waals surface area contributed by atoms with E-state index in [1.165, 1.54) is 12.3 Å². The molecule has 4 N–H and O–H groups in total. The van der Waals surface area contributed by atoms with Crippen LogP contribution in [-0.4, -0.2) is 35.3 Å². The van der Waals surface area contributed by atoms with Gasteiger partial charge in [0.15, 0.2) is 0 Å². The number of hydrogen-bond acceptors (Lipinski definition) is 5. The van der Waals surface area contributed by atoms with Crippen LogP contribution in [0.15, 0.2) is 12.3 Å². The highest BCUT2D eigenvalue weighted by Crippen LogP contribution is 2.17. The molecule has 6 heteroatoms. The van der Waals surface area contributed by atoms with E-state index in [0.29, 0.717) is 18.1 Å². The molecule has 0 aliphatic carbocycles. The van der Waals surface area contributed by atoms with Crippen molar-refractivity contribution in [1.82, 2.24) is 4.98 Å². The van der Waals surface area contributed by atoms with Crippen molar-refractivity contribution >= 4 is 17.5 Å². The number of aromatic carboxylic acids is 1. The number of carbonyl (C=O) groups is 1. The molecule has 92 valence electrons. The summed E-state index contributed by atoms with van der Waals surface area (Å²) in [7, 11) is 0. The third-order valence-electron chi connectivity index (χ3n) is 2.66. The van der Waals surface area contributed by atoms with Crippen molar-refractivity contribution in [3.8, 4) is 0 Å².